The molecule has 2 N–H and O–H groups in total. The van der Waals surface area contributed by atoms with Gasteiger partial charge < -0.3 is 34.6 Å². The molecule has 0 bridgehead atoms. The third kappa shape index (κ3) is 11.9. The second-order valence-corrected chi connectivity index (χ2v) is 21.8. The van der Waals surface area contributed by atoms with Gasteiger partial charge in [-0.05, 0) is 165 Å². The average Bonchev–Trinajstić information content (AvgIpc) is 4.18. The summed E-state index contributed by atoms with van der Waals surface area (Å²) in [4.78, 5) is 109. The number of hydrogen-bond acceptors (Lipinski definition) is 11. The molecular formula is C64H67N5O11. The van der Waals surface area contributed by atoms with Crippen molar-refractivity contribution in [3.63, 3.8) is 0 Å². The summed E-state index contributed by atoms with van der Waals surface area (Å²) in [6, 6.07) is 28.5. The van der Waals surface area contributed by atoms with Gasteiger partial charge >= 0.3 is 0 Å². The lowest BCUT2D eigenvalue weighted by Gasteiger charge is -2.23. The number of nitrogens with zero attached hydrogens (tertiary/aromatic N) is 3. The highest BCUT2D eigenvalue weighted by Gasteiger charge is 2.39. The van der Waals surface area contributed by atoms with Crippen molar-refractivity contribution in [1.29, 1.82) is 0 Å². The molecule has 5 heterocycles. The quantitative estimate of drug-likeness (QED) is 0.0495. The first kappa shape index (κ1) is 54.9. The van der Waals surface area contributed by atoms with Crippen LogP contribution in [0.3, 0.4) is 0 Å². The van der Waals surface area contributed by atoms with Gasteiger partial charge in [0.25, 0.3) is 23.6 Å². The predicted molar refractivity (Wildman–Crippen MR) is 301 cm³/mol. The van der Waals surface area contributed by atoms with Gasteiger partial charge in [0, 0.05) is 90.6 Å². The molecule has 3 unspecified atom stereocenters. The maximum absolute atomic E-state index is 14.2. The number of carbonyl (C=O) groups excluding carboxylic acids is 8. The number of nitrogens with one attached hydrogen (secondary N) is 2. The highest BCUT2D eigenvalue weighted by Crippen LogP contribution is 2.42. The van der Waals surface area contributed by atoms with Crippen LogP contribution in [0, 0.1) is 12.8 Å². The number of ketones is 2. The number of para-hydroxylation sites is 2. The first-order valence-electron chi connectivity index (χ1n) is 27.9. The predicted octanol–water partition coefficient (Wildman–Crippen LogP) is 9.07. The van der Waals surface area contributed by atoms with Crippen LogP contribution in [-0.2, 0) is 67.7 Å². The van der Waals surface area contributed by atoms with E-state index in [0.717, 1.165) is 76.2 Å². The van der Waals surface area contributed by atoms with Gasteiger partial charge in [-0.25, -0.2) is 0 Å². The first-order valence-corrected chi connectivity index (χ1v) is 27.9. The molecule has 0 fully saturated rings. The molecule has 0 aliphatic carbocycles. The fourth-order valence-corrected chi connectivity index (χ4v) is 11.8. The van der Waals surface area contributed by atoms with E-state index in [1.165, 1.54) is 17.7 Å². The largest absolute Gasteiger partial charge is 0.493 e. The maximum atomic E-state index is 14.2. The van der Waals surface area contributed by atoms with Crippen LogP contribution in [-0.4, -0.2) is 83.7 Å². The van der Waals surface area contributed by atoms with Gasteiger partial charge in [0.15, 0.2) is 17.3 Å². The Morgan fingerprint density at radius 2 is 1.19 bits per heavy atom. The number of rotatable bonds is 22. The lowest BCUT2D eigenvalue weighted by molar-refractivity contribution is -0.137. The van der Waals surface area contributed by atoms with Crippen molar-refractivity contribution in [2.75, 3.05) is 28.8 Å². The molecule has 80 heavy (non-hydrogen) atoms. The Morgan fingerprint density at radius 1 is 0.637 bits per heavy atom. The lowest BCUT2D eigenvalue weighted by Crippen LogP contribution is -2.39. The monoisotopic (exact) mass is 1080 g/mol. The molecule has 414 valence electrons. The number of anilines is 3. The van der Waals surface area contributed by atoms with Crippen molar-refractivity contribution in [1.82, 2.24) is 10.2 Å². The fourth-order valence-electron chi connectivity index (χ4n) is 11.8. The molecule has 0 radical (unpaired) electrons. The van der Waals surface area contributed by atoms with Gasteiger partial charge in [0.2, 0.25) is 11.8 Å². The third-order valence-electron chi connectivity index (χ3n) is 16.1. The molecule has 6 amide bonds. The van der Waals surface area contributed by atoms with E-state index in [-0.39, 0.29) is 98.6 Å². The highest BCUT2D eigenvalue weighted by molar-refractivity contribution is 6.13. The van der Waals surface area contributed by atoms with Crippen molar-refractivity contribution >= 4 is 64.1 Å². The lowest BCUT2D eigenvalue weighted by atomic mass is 9.98. The van der Waals surface area contributed by atoms with E-state index < -0.39 is 17.9 Å². The summed E-state index contributed by atoms with van der Waals surface area (Å²) >= 11 is 0. The topological polar surface area (TPSA) is 198 Å². The second-order valence-electron chi connectivity index (χ2n) is 21.8. The van der Waals surface area contributed by atoms with E-state index in [2.05, 4.69) is 22.8 Å². The Hall–Kier alpha value is -8.40. The Bertz CT molecular complexity index is 3330. The summed E-state index contributed by atoms with van der Waals surface area (Å²) in [6.45, 7) is 5.52. The van der Waals surface area contributed by atoms with Crippen molar-refractivity contribution < 1.29 is 52.6 Å². The summed E-state index contributed by atoms with van der Waals surface area (Å²) in [5, 5.41) is 5.74. The number of aryl methyl sites for hydroxylation is 3. The van der Waals surface area contributed by atoms with E-state index >= 15 is 0 Å². The number of ether oxygens (including phenoxy) is 3. The number of fused-ring (bicyclic) bond motifs is 8. The van der Waals surface area contributed by atoms with Gasteiger partial charge in [0.05, 0.1) is 13.2 Å². The number of unbranched alkanes of at least 4 members (excludes halogenated alkanes) is 1. The molecule has 5 aliphatic rings. The van der Waals surface area contributed by atoms with Crippen molar-refractivity contribution in [2.45, 2.75) is 136 Å². The van der Waals surface area contributed by atoms with E-state index in [1.54, 1.807) is 33.1 Å². The Labute approximate surface area is 465 Å². The first-order chi connectivity index (χ1) is 38.6. The number of imide groups is 1. The van der Waals surface area contributed by atoms with E-state index in [9.17, 15) is 38.4 Å². The van der Waals surface area contributed by atoms with Crippen LogP contribution in [0.2, 0.25) is 0 Å². The second kappa shape index (κ2) is 23.9. The Balaban J connectivity index is 0.793. The van der Waals surface area contributed by atoms with E-state index in [1.807, 2.05) is 83.5 Å². The zero-order valence-corrected chi connectivity index (χ0v) is 45.8. The standard InChI is InChI=1S/C64H67N5O11/c1-38-26-51-43(19-21-48-31-45-12-5-8-16-53(45)68(48)63(51)76)33-56(38)79-36-41-28-42(37-80-58-34-44-20-22-49-32-46-13-6-9-17-54(46)69(49)64(77)52(44)35-57(58)78-4)30-47(29-41)66-62(75)39(2)27-55(71)40(3)65-59(72)18-10-7-14-50(70)15-11-25-67-60(73)23-24-61(67)74/h5-6,8-9,12-13,16-17,23-24,26,28-30,33-35,39-40,48-49H,7,10-11,14-15,18-22,25,27,31-32,36-37H2,1-4H3,(H,65,72)(H,66,75)/t39?,40?,48-,49?/m1/s1. The number of Topliss-reactive ketones (excluding diaryl/α,β-unsaturated/α-hetero) is 2. The van der Waals surface area contributed by atoms with Crippen LogP contribution in [0.25, 0.3) is 0 Å². The number of carbonyl (C=O) groups is 8. The van der Waals surface area contributed by atoms with Gasteiger partial charge in [-0.2, -0.15) is 0 Å². The van der Waals surface area contributed by atoms with Crippen LogP contribution in [0.15, 0.2) is 103 Å². The van der Waals surface area contributed by atoms with E-state index in [4.69, 9.17) is 14.2 Å². The van der Waals surface area contributed by atoms with Crippen LogP contribution in [0.1, 0.15) is 131 Å². The number of amides is 6. The molecule has 0 spiro atoms. The molecule has 5 aliphatic heterocycles. The van der Waals surface area contributed by atoms with Gasteiger partial charge in [-0.15, -0.1) is 0 Å². The minimum Gasteiger partial charge on any atom is -0.493 e. The molecule has 5 aromatic rings. The van der Waals surface area contributed by atoms with Crippen molar-refractivity contribution in [3.8, 4) is 17.2 Å². The third-order valence-corrected chi connectivity index (χ3v) is 16.1. The van der Waals surface area contributed by atoms with Crippen LogP contribution in [0.4, 0.5) is 17.1 Å². The van der Waals surface area contributed by atoms with Crippen LogP contribution >= 0.6 is 0 Å². The molecule has 0 saturated carbocycles. The zero-order valence-electron chi connectivity index (χ0n) is 45.8. The molecule has 10 rings (SSSR count). The van der Waals surface area contributed by atoms with Crippen LogP contribution < -0.4 is 34.6 Å². The minimum atomic E-state index is -0.852. The number of hydrogen-bond donors (Lipinski definition) is 2. The van der Waals surface area contributed by atoms with Gasteiger partial charge in [-0.3, -0.25) is 43.3 Å². The average molecular weight is 1080 g/mol. The van der Waals surface area contributed by atoms with Gasteiger partial charge in [-0.1, -0.05) is 43.3 Å². The molecule has 5 aromatic carbocycles. The fraction of sp³-hybridized carbons (Fsp3) is 0.375. The minimum absolute atomic E-state index is 0.00643. The summed E-state index contributed by atoms with van der Waals surface area (Å²) < 4.78 is 18.9. The van der Waals surface area contributed by atoms with Crippen molar-refractivity contribution in [3.05, 3.63) is 153 Å². The van der Waals surface area contributed by atoms with Gasteiger partial charge in [0.1, 0.15) is 24.7 Å². The highest BCUT2D eigenvalue weighted by atomic mass is 16.5. The molecule has 0 aromatic heterocycles. The molecule has 4 atom stereocenters. The summed E-state index contributed by atoms with van der Waals surface area (Å²) in [6.07, 6.45) is 8.78. The maximum Gasteiger partial charge on any atom is 0.258 e. The Morgan fingerprint density at radius 3 is 1.80 bits per heavy atom. The smallest absolute Gasteiger partial charge is 0.258 e. The van der Waals surface area contributed by atoms with Crippen molar-refractivity contribution in [2.24, 2.45) is 5.92 Å². The molecule has 0 saturated heterocycles. The zero-order chi connectivity index (χ0) is 56.2. The normalized spacial score (nSPS) is 17.5. The number of methoxy groups -OCH3 is 1. The molecule has 16 heteroatoms. The summed E-state index contributed by atoms with van der Waals surface area (Å²) in [5.74, 6) is -1.17. The summed E-state index contributed by atoms with van der Waals surface area (Å²) in [7, 11) is 1.54. The van der Waals surface area contributed by atoms with Crippen LogP contribution in [0.5, 0.6) is 17.2 Å². The summed E-state index contributed by atoms with van der Waals surface area (Å²) in [5.41, 5.74) is 10.0. The number of benzene rings is 5. The van der Waals surface area contributed by atoms with E-state index in [0.29, 0.717) is 65.3 Å². The molecule has 16 nitrogen and oxygen atoms in total. The molecular weight excluding hydrogens is 1010 g/mol. The SMILES string of the molecule is COc1cc2c(cc1OCc1cc(COc3cc4c(cc3C)C(=O)N3c5ccccc5C[C@H]3CC4)cc(NC(=O)C(C)CC(=O)C(C)NC(=O)CCCCC(=O)CCCN3C(=O)C=CC3=O)c1)CCC1Cc3ccccc3N1C2=O. The Kier molecular flexibility index (Phi) is 16.4.